The Morgan fingerprint density at radius 3 is 2.67 bits per heavy atom. The van der Waals surface area contributed by atoms with Crippen molar-refractivity contribution in [3.63, 3.8) is 0 Å². The van der Waals surface area contributed by atoms with Crippen LogP contribution in [-0.2, 0) is 11.3 Å². The number of aromatic nitrogens is 2. The Balaban J connectivity index is 1.58. The van der Waals surface area contributed by atoms with Gasteiger partial charge in [-0.15, -0.1) is 0 Å². The van der Waals surface area contributed by atoms with Gasteiger partial charge in [-0.25, -0.2) is 4.98 Å². The predicted molar refractivity (Wildman–Crippen MR) is 90.4 cm³/mol. The van der Waals surface area contributed by atoms with Crippen molar-refractivity contribution >= 4 is 22.6 Å². The molecule has 6 heteroatoms. The molecule has 0 saturated heterocycles. The van der Waals surface area contributed by atoms with Gasteiger partial charge in [0.1, 0.15) is 6.54 Å². The number of imidazole rings is 1. The molecule has 2 aromatic carbocycles. The van der Waals surface area contributed by atoms with Crippen molar-refractivity contribution in [2.24, 2.45) is 0 Å². The van der Waals surface area contributed by atoms with Crippen molar-refractivity contribution in [1.82, 2.24) is 9.55 Å². The van der Waals surface area contributed by atoms with Gasteiger partial charge in [-0.05, 0) is 12.1 Å². The van der Waals surface area contributed by atoms with Crippen LogP contribution in [0.25, 0.3) is 11.0 Å². The molecule has 4 rings (SSSR count). The lowest BCUT2D eigenvalue weighted by atomic mass is 10.2. The van der Waals surface area contributed by atoms with Gasteiger partial charge in [-0.1, -0.05) is 18.2 Å². The molecule has 2 heterocycles. The van der Waals surface area contributed by atoms with Crippen molar-refractivity contribution in [1.29, 1.82) is 0 Å². The number of ether oxygens (including phenoxy) is 2. The Hall–Kier alpha value is -3.02. The summed E-state index contributed by atoms with van der Waals surface area (Å²) in [5.74, 6) is 1.30. The number of hydrogen-bond donors (Lipinski definition) is 1. The third-order valence-electron chi connectivity index (χ3n) is 3.86. The van der Waals surface area contributed by atoms with Gasteiger partial charge in [-0.2, -0.15) is 0 Å². The summed E-state index contributed by atoms with van der Waals surface area (Å²) in [4.78, 5) is 16.6. The Bertz CT molecular complexity index is 874. The van der Waals surface area contributed by atoms with Crippen molar-refractivity contribution in [3.8, 4) is 11.5 Å². The van der Waals surface area contributed by atoms with E-state index in [1.165, 1.54) is 0 Å². The maximum atomic E-state index is 12.3. The molecule has 6 nitrogen and oxygen atoms in total. The molecule has 1 aliphatic rings. The van der Waals surface area contributed by atoms with Crippen molar-refractivity contribution < 1.29 is 14.3 Å². The van der Waals surface area contributed by atoms with Gasteiger partial charge in [0.15, 0.2) is 11.5 Å². The maximum absolute atomic E-state index is 12.3. The molecule has 0 fully saturated rings. The lowest BCUT2D eigenvalue weighted by Gasteiger charge is -2.09. The van der Waals surface area contributed by atoms with Crippen LogP contribution in [0.2, 0.25) is 0 Å². The molecule has 0 spiro atoms. The molecule has 1 N–H and O–H groups in total. The minimum absolute atomic E-state index is 0.104. The quantitative estimate of drug-likeness (QED) is 0.805. The number of carbonyl (C=O) groups is 1. The zero-order valence-corrected chi connectivity index (χ0v) is 13.1. The summed E-state index contributed by atoms with van der Waals surface area (Å²) in [6.07, 6.45) is 2.51. The molecule has 1 aromatic heterocycles. The molecule has 0 atom stereocenters. The number of benzene rings is 2. The third kappa shape index (κ3) is 2.90. The Kier molecular flexibility index (Phi) is 3.78. The fourth-order valence-electron chi connectivity index (χ4n) is 2.72. The van der Waals surface area contributed by atoms with E-state index in [0.29, 0.717) is 24.7 Å². The first kappa shape index (κ1) is 14.6. The van der Waals surface area contributed by atoms with Gasteiger partial charge in [0.2, 0.25) is 5.91 Å². The Labute approximate surface area is 139 Å². The summed E-state index contributed by atoms with van der Waals surface area (Å²) < 4.78 is 13.2. The highest BCUT2D eigenvalue weighted by Gasteiger charge is 2.15. The van der Waals surface area contributed by atoms with Crippen LogP contribution in [0.5, 0.6) is 11.5 Å². The number of nitrogens with one attached hydrogen (secondary N) is 1. The molecule has 1 amide bonds. The highest BCUT2D eigenvalue weighted by Crippen LogP contribution is 2.33. The zero-order valence-electron chi connectivity index (χ0n) is 13.1. The normalized spacial score (nSPS) is 13.5. The van der Waals surface area contributed by atoms with Gasteiger partial charge >= 0.3 is 0 Å². The fraction of sp³-hybridized carbons (Fsp3) is 0.222. The van der Waals surface area contributed by atoms with Crippen LogP contribution in [0, 0.1) is 0 Å². The first-order valence-electron chi connectivity index (χ1n) is 7.89. The number of nitrogens with zero attached hydrogens (tertiary/aromatic N) is 2. The minimum atomic E-state index is -0.104. The van der Waals surface area contributed by atoms with E-state index in [4.69, 9.17) is 9.47 Å². The summed E-state index contributed by atoms with van der Waals surface area (Å²) in [7, 11) is 0. The highest BCUT2D eigenvalue weighted by atomic mass is 16.5. The smallest absolute Gasteiger partial charge is 0.244 e. The van der Waals surface area contributed by atoms with Crippen molar-refractivity contribution in [2.45, 2.75) is 13.0 Å². The second-order valence-electron chi connectivity index (χ2n) is 5.62. The minimum Gasteiger partial charge on any atom is -0.489 e. The number of rotatable bonds is 3. The molecular weight excluding hydrogens is 306 g/mol. The maximum Gasteiger partial charge on any atom is 0.244 e. The highest BCUT2D eigenvalue weighted by molar-refractivity contribution is 5.91. The number of para-hydroxylation sites is 1. The van der Waals surface area contributed by atoms with E-state index < -0.39 is 0 Å². The molecule has 0 radical (unpaired) electrons. The van der Waals surface area contributed by atoms with Crippen LogP contribution in [0.1, 0.15) is 6.42 Å². The summed E-state index contributed by atoms with van der Waals surface area (Å²) >= 11 is 0. The number of carbonyl (C=O) groups excluding carboxylic acids is 1. The Morgan fingerprint density at radius 2 is 1.88 bits per heavy atom. The number of fused-ring (bicyclic) bond motifs is 2. The Morgan fingerprint density at radius 1 is 1.12 bits per heavy atom. The van der Waals surface area contributed by atoms with Crippen LogP contribution in [0.15, 0.2) is 48.8 Å². The van der Waals surface area contributed by atoms with Crippen molar-refractivity contribution in [3.05, 3.63) is 48.8 Å². The van der Waals surface area contributed by atoms with E-state index in [1.54, 1.807) is 6.33 Å². The largest absolute Gasteiger partial charge is 0.489 e. The van der Waals surface area contributed by atoms with E-state index in [-0.39, 0.29) is 12.5 Å². The van der Waals surface area contributed by atoms with Crippen LogP contribution in [0.4, 0.5) is 5.69 Å². The number of hydrogen-bond acceptors (Lipinski definition) is 4. The standard InChI is InChI=1S/C18H17N3O3/c22-18(20-13-5-2-1-3-6-13)11-21-12-19-14-9-16-17(10-15(14)21)24-8-4-7-23-16/h1-3,5-6,9-10,12H,4,7-8,11H2,(H,20,22). The molecule has 3 aromatic rings. The first-order chi connectivity index (χ1) is 11.8. The monoisotopic (exact) mass is 323 g/mol. The van der Waals surface area contributed by atoms with E-state index in [1.807, 2.05) is 47.0 Å². The van der Waals surface area contributed by atoms with Crippen LogP contribution >= 0.6 is 0 Å². The van der Waals surface area contributed by atoms with E-state index in [0.717, 1.165) is 23.1 Å². The van der Waals surface area contributed by atoms with Gasteiger partial charge in [-0.3, -0.25) is 4.79 Å². The van der Waals surface area contributed by atoms with Gasteiger partial charge in [0.05, 0.1) is 30.6 Å². The summed E-state index contributed by atoms with van der Waals surface area (Å²) in [6.45, 7) is 1.45. The van der Waals surface area contributed by atoms with Crippen LogP contribution in [-0.4, -0.2) is 28.7 Å². The SMILES string of the molecule is O=C(Cn1cnc2cc3c(cc21)OCCCO3)Nc1ccccc1. The molecule has 0 bridgehead atoms. The number of amides is 1. The van der Waals surface area contributed by atoms with Crippen molar-refractivity contribution in [2.75, 3.05) is 18.5 Å². The average Bonchev–Trinajstić information content (AvgIpc) is 2.82. The fourth-order valence-corrected chi connectivity index (χ4v) is 2.72. The molecule has 1 aliphatic heterocycles. The summed E-state index contributed by atoms with van der Waals surface area (Å²) in [5.41, 5.74) is 2.41. The van der Waals surface area contributed by atoms with Crippen LogP contribution in [0.3, 0.4) is 0 Å². The van der Waals surface area contributed by atoms with E-state index in [9.17, 15) is 4.79 Å². The second-order valence-corrected chi connectivity index (χ2v) is 5.62. The molecule has 122 valence electrons. The molecule has 24 heavy (non-hydrogen) atoms. The van der Waals surface area contributed by atoms with Gasteiger partial charge in [0.25, 0.3) is 0 Å². The molecule has 0 unspecified atom stereocenters. The zero-order chi connectivity index (χ0) is 16.4. The first-order valence-corrected chi connectivity index (χ1v) is 7.89. The summed E-state index contributed by atoms with van der Waals surface area (Å²) in [5, 5.41) is 2.87. The van der Waals surface area contributed by atoms with E-state index >= 15 is 0 Å². The predicted octanol–water partition coefficient (Wildman–Crippen LogP) is 2.84. The summed E-state index contributed by atoms with van der Waals surface area (Å²) in [6, 6.07) is 13.1. The van der Waals surface area contributed by atoms with Crippen LogP contribution < -0.4 is 14.8 Å². The second kappa shape index (κ2) is 6.23. The lowest BCUT2D eigenvalue weighted by molar-refractivity contribution is -0.116. The topological polar surface area (TPSA) is 65.4 Å². The van der Waals surface area contributed by atoms with Gasteiger partial charge in [0, 0.05) is 24.2 Å². The lowest BCUT2D eigenvalue weighted by Crippen LogP contribution is -2.18. The average molecular weight is 323 g/mol. The molecular formula is C18H17N3O3. The van der Waals surface area contributed by atoms with E-state index in [2.05, 4.69) is 10.3 Å². The molecule has 0 aliphatic carbocycles. The third-order valence-corrected chi connectivity index (χ3v) is 3.86. The van der Waals surface area contributed by atoms with Gasteiger partial charge < -0.3 is 19.4 Å². The number of anilines is 1. The molecule has 0 saturated carbocycles.